The first kappa shape index (κ1) is 14.0. The second-order valence-corrected chi connectivity index (χ2v) is 5.11. The quantitative estimate of drug-likeness (QED) is 0.581. The van der Waals surface area contributed by atoms with Crippen molar-refractivity contribution >= 4 is 0 Å². The van der Waals surface area contributed by atoms with Crippen molar-refractivity contribution in [1.29, 1.82) is 0 Å². The second kappa shape index (κ2) is 9.00. The van der Waals surface area contributed by atoms with E-state index in [-0.39, 0.29) is 6.29 Å². The van der Waals surface area contributed by atoms with Gasteiger partial charge in [-0.15, -0.1) is 0 Å². The molecule has 0 saturated carbocycles. The van der Waals surface area contributed by atoms with Crippen LogP contribution in [0.25, 0.3) is 0 Å². The SMILES string of the molecule is CCCCCCCCCC1OCC(C)CO1. The van der Waals surface area contributed by atoms with Crippen molar-refractivity contribution < 1.29 is 9.47 Å². The Hall–Kier alpha value is -0.0800. The van der Waals surface area contributed by atoms with Crippen LogP contribution in [0.5, 0.6) is 0 Å². The van der Waals surface area contributed by atoms with Crippen molar-refractivity contribution in [3.05, 3.63) is 0 Å². The lowest BCUT2D eigenvalue weighted by molar-refractivity contribution is -0.200. The van der Waals surface area contributed by atoms with Crippen molar-refractivity contribution in [2.75, 3.05) is 13.2 Å². The molecule has 1 heterocycles. The van der Waals surface area contributed by atoms with Crippen LogP contribution in [0.1, 0.15) is 65.2 Å². The molecule has 1 saturated heterocycles. The molecule has 0 spiro atoms. The van der Waals surface area contributed by atoms with E-state index in [9.17, 15) is 0 Å². The molecule has 1 fully saturated rings. The molecule has 0 N–H and O–H groups in total. The minimum Gasteiger partial charge on any atom is -0.352 e. The maximum Gasteiger partial charge on any atom is 0.157 e. The molecule has 1 aliphatic rings. The lowest BCUT2D eigenvalue weighted by Gasteiger charge is -2.27. The van der Waals surface area contributed by atoms with Crippen molar-refractivity contribution in [1.82, 2.24) is 0 Å². The van der Waals surface area contributed by atoms with Gasteiger partial charge in [-0.3, -0.25) is 0 Å². The van der Waals surface area contributed by atoms with Gasteiger partial charge in [-0.2, -0.15) is 0 Å². The summed E-state index contributed by atoms with van der Waals surface area (Å²) in [4.78, 5) is 0. The molecule has 0 aliphatic carbocycles. The molecular weight excluding hydrogens is 200 g/mol. The van der Waals surface area contributed by atoms with E-state index in [0.29, 0.717) is 5.92 Å². The molecule has 1 aliphatic heterocycles. The Labute approximate surface area is 101 Å². The van der Waals surface area contributed by atoms with Gasteiger partial charge in [0.05, 0.1) is 13.2 Å². The Morgan fingerprint density at radius 1 is 0.875 bits per heavy atom. The Kier molecular flexibility index (Phi) is 7.87. The zero-order valence-corrected chi connectivity index (χ0v) is 11.0. The number of hydrogen-bond acceptors (Lipinski definition) is 2. The Balaban J connectivity index is 1.84. The summed E-state index contributed by atoms with van der Waals surface area (Å²) in [6.07, 6.45) is 10.7. The maximum atomic E-state index is 5.61. The molecule has 96 valence electrons. The minimum atomic E-state index is 0.0897. The maximum absolute atomic E-state index is 5.61. The van der Waals surface area contributed by atoms with Crippen molar-refractivity contribution in [2.24, 2.45) is 5.92 Å². The number of hydrogen-bond donors (Lipinski definition) is 0. The molecular formula is C14H28O2. The molecule has 1 rings (SSSR count). The lowest BCUT2D eigenvalue weighted by atomic mass is 10.1. The number of unbranched alkanes of at least 4 members (excludes halogenated alkanes) is 6. The summed E-state index contributed by atoms with van der Waals surface area (Å²) in [5.74, 6) is 0.574. The molecule has 16 heavy (non-hydrogen) atoms. The zero-order chi connectivity index (χ0) is 11.6. The third-order valence-electron chi connectivity index (χ3n) is 3.18. The van der Waals surface area contributed by atoms with Gasteiger partial charge >= 0.3 is 0 Å². The summed E-state index contributed by atoms with van der Waals surface area (Å²) < 4.78 is 11.2. The van der Waals surface area contributed by atoms with Gasteiger partial charge in [0.1, 0.15) is 0 Å². The van der Waals surface area contributed by atoms with Crippen LogP contribution in [-0.2, 0) is 9.47 Å². The van der Waals surface area contributed by atoms with E-state index in [2.05, 4.69) is 13.8 Å². The van der Waals surface area contributed by atoms with Gasteiger partial charge in [0.25, 0.3) is 0 Å². The van der Waals surface area contributed by atoms with Gasteiger partial charge in [0.15, 0.2) is 6.29 Å². The monoisotopic (exact) mass is 228 g/mol. The molecule has 2 heteroatoms. The van der Waals surface area contributed by atoms with Crippen LogP contribution in [0.4, 0.5) is 0 Å². The Morgan fingerprint density at radius 2 is 1.44 bits per heavy atom. The van der Waals surface area contributed by atoms with Crippen molar-refractivity contribution in [3.63, 3.8) is 0 Å². The number of rotatable bonds is 8. The standard InChI is InChI=1S/C14H28O2/c1-3-4-5-6-7-8-9-10-14-15-11-13(2)12-16-14/h13-14H,3-12H2,1-2H3. The van der Waals surface area contributed by atoms with Gasteiger partial charge < -0.3 is 9.47 Å². The van der Waals surface area contributed by atoms with Crippen LogP contribution in [0.3, 0.4) is 0 Å². The van der Waals surface area contributed by atoms with E-state index in [1.165, 1.54) is 44.9 Å². The Morgan fingerprint density at radius 3 is 2.06 bits per heavy atom. The van der Waals surface area contributed by atoms with Crippen LogP contribution >= 0.6 is 0 Å². The second-order valence-electron chi connectivity index (χ2n) is 5.11. The van der Waals surface area contributed by atoms with Crippen LogP contribution in [0, 0.1) is 5.92 Å². The van der Waals surface area contributed by atoms with Gasteiger partial charge in [0.2, 0.25) is 0 Å². The predicted octanol–water partition coefficient (Wildman–Crippen LogP) is 4.14. The summed E-state index contributed by atoms with van der Waals surface area (Å²) in [7, 11) is 0. The third-order valence-corrected chi connectivity index (χ3v) is 3.18. The molecule has 0 atom stereocenters. The molecule has 0 aromatic heterocycles. The van der Waals surface area contributed by atoms with Gasteiger partial charge in [-0.25, -0.2) is 0 Å². The third kappa shape index (κ3) is 6.49. The summed E-state index contributed by atoms with van der Waals surface area (Å²) in [6.45, 7) is 6.19. The summed E-state index contributed by atoms with van der Waals surface area (Å²) in [5.41, 5.74) is 0. The highest BCUT2D eigenvalue weighted by Crippen LogP contribution is 2.16. The van der Waals surface area contributed by atoms with E-state index in [1.807, 2.05) is 0 Å². The smallest absolute Gasteiger partial charge is 0.157 e. The van der Waals surface area contributed by atoms with E-state index >= 15 is 0 Å². The minimum absolute atomic E-state index is 0.0897. The van der Waals surface area contributed by atoms with Crippen molar-refractivity contribution in [3.8, 4) is 0 Å². The molecule has 0 amide bonds. The first-order valence-corrected chi connectivity index (χ1v) is 7.06. The van der Waals surface area contributed by atoms with E-state index < -0.39 is 0 Å². The highest BCUT2D eigenvalue weighted by molar-refractivity contribution is 4.58. The van der Waals surface area contributed by atoms with Crippen LogP contribution in [-0.4, -0.2) is 19.5 Å². The first-order valence-electron chi connectivity index (χ1n) is 7.06. The van der Waals surface area contributed by atoms with Gasteiger partial charge in [-0.05, 0) is 12.8 Å². The largest absolute Gasteiger partial charge is 0.352 e. The van der Waals surface area contributed by atoms with Crippen LogP contribution in [0.2, 0.25) is 0 Å². The fraction of sp³-hybridized carbons (Fsp3) is 1.00. The topological polar surface area (TPSA) is 18.5 Å². The molecule has 0 aromatic rings. The highest BCUT2D eigenvalue weighted by Gasteiger charge is 2.18. The highest BCUT2D eigenvalue weighted by atomic mass is 16.7. The fourth-order valence-corrected chi connectivity index (χ4v) is 2.07. The van der Waals surface area contributed by atoms with Crippen LogP contribution in [0.15, 0.2) is 0 Å². The van der Waals surface area contributed by atoms with E-state index in [1.54, 1.807) is 0 Å². The average Bonchev–Trinajstić information content (AvgIpc) is 2.30. The summed E-state index contributed by atoms with van der Waals surface area (Å²) >= 11 is 0. The first-order chi connectivity index (χ1) is 7.83. The van der Waals surface area contributed by atoms with Crippen LogP contribution < -0.4 is 0 Å². The average molecular weight is 228 g/mol. The molecule has 0 radical (unpaired) electrons. The van der Waals surface area contributed by atoms with Crippen molar-refractivity contribution in [2.45, 2.75) is 71.5 Å². The molecule has 2 nitrogen and oxygen atoms in total. The molecule has 0 unspecified atom stereocenters. The van der Waals surface area contributed by atoms with E-state index in [0.717, 1.165) is 19.6 Å². The Bertz CT molecular complexity index is 151. The normalized spacial score (nSPS) is 25.9. The summed E-state index contributed by atoms with van der Waals surface area (Å²) in [6, 6.07) is 0. The fourth-order valence-electron chi connectivity index (χ4n) is 2.07. The van der Waals surface area contributed by atoms with Gasteiger partial charge in [-0.1, -0.05) is 52.4 Å². The summed E-state index contributed by atoms with van der Waals surface area (Å²) in [5, 5.41) is 0. The van der Waals surface area contributed by atoms with Gasteiger partial charge in [0, 0.05) is 5.92 Å². The zero-order valence-electron chi connectivity index (χ0n) is 11.0. The predicted molar refractivity (Wildman–Crippen MR) is 67.5 cm³/mol. The number of ether oxygens (including phenoxy) is 2. The van der Waals surface area contributed by atoms with E-state index in [4.69, 9.17) is 9.47 Å². The molecule has 0 bridgehead atoms. The molecule has 0 aromatic carbocycles. The lowest BCUT2D eigenvalue weighted by Crippen LogP contribution is -2.30.